The van der Waals surface area contributed by atoms with Crippen LogP contribution in [0.5, 0.6) is 0 Å². The van der Waals surface area contributed by atoms with Crippen LogP contribution in [-0.4, -0.2) is 38.7 Å². The third-order valence-electron chi connectivity index (χ3n) is 3.83. The molecule has 1 aliphatic rings. The largest absolute Gasteiger partial charge is 0.326 e. The Balaban J connectivity index is 1.69. The van der Waals surface area contributed by atoms with Gasteiger partial charge in [0.15, 0.2) is 5.82 Å². The van der Waals surface area contributed by atoms with Crippen LogP contribution in [0.1, 0.15) is 26.2 Å². The van der Waals surface area contributed by atoms with Gasteiger partial charge in [0.1, 0.15) is 0 Å². The molecule has 1 unspecified atom stereocenters. The summed E-state index contributed by atoms with van der Waals surface area (Å²) >= 11 is 0. The molecule has 3 rings (SSSR count). The molecule has 0 saturated carbocycles. The van der Waals surface area contributed by atoms with Crippen LogP contribution in [0.15, 0.2) is 24.3 Å². The van der Waals surface area contributed by atoms with Crippen molar-refractivity contribution in [3.8, 4) is 11.4 Å². The Hall–Kier alpha value is -2.28. The number of hydrogen-bond acceptors (Lipinski definition) is 5. The predicted molar refractivity (Wildman–Crippen MR) is 83.2 cm³/mol. The van der Waals surface area contributed by atoms with Crippen molar-refractivity contribution in [1.82, 2.24) is 25.5 Å². The van der Waals surface area contributed by atoms with Crippen LogP contribution in [0.3, 0.4) is 0 Å². The number of benzene rings is 1. The van der Waals surface area contributed by atoms with Gasteiger partial charge in [-0.1, -0.05) is 12.1 Å². The van der Waals surface area contributed by atoms with Gasteiger partial charge >= 0.3 is 0 Å². The average molecular weight is 300 g/mol. The zero-order valence-corrected chi connectivity index (χ0v) is 12.6. The molecule has 2 N–H and O–H groups in total. The number of amides is 1. The standard InChI is InChI=1S/C15H20N6O/c1-2-21-15(18-19-20-21)11-5-3-6-13(9-11)17-14(22)10-12-7-4-8-16-12/h3,5-6,9,12,16H,2,4,7-8,10H2,1H3,(H,17,22). The molecule has 22 heavy (non-hydrogen) atoms. The highest BCUT2D eigenvalue weighted by Gasteiger charge is 2.17. The lowest BCUT2D eigenvalue weighted by molar-refractivity contribution is -0.116. The number of nitrogens with zero attached hydrogens (tertiary/aromatic N) is 4. The van der Waals surface area contributed by atoms with Crippen LogP contribution in [0.4, 0.5) is 5.69 Å². The first-order chi connectivity index (χ1) is 10.8. The van der Waals surface area contributed by atoms with Crippen molar-refractivity contribution in [2.75, 3.05) is 11.9 Å². The molecule has 1 saturated heterocycles. The van der Waals surface area contributed by atoms with Gasteiger partial charge in [-0.2, -0.15) is 0 Å². The molecule has 0 spiro atoms. The van der Waals surface area contributed by atoms with Crippen LogP contribution in [0.25, 0.3) is 11.4 Å². The molecule has 7 nitrogen and oxygen atoms in total. The summed E-state index contributed by atoms with van der Waals surface area (Å²) in [5, 5.41) is 17.9. The molecule has 7 heteroatoms. The molecule has 0 bridgehead atoms. The second-order valence-electron chi connectivity index (χ2n) is 5.44. The van der Waals surface area contributed by atoms with Crippen LogP contribution in [-0.2, 0) is 11.3 Å². The number of tetrazole rings is 1. The van der Waals surface area contributed by atoms with Crippen LogP contribution in [0.2, 0.25) is 0 Å². The van der Waals surface area contributed by atoms with Gasteiger partial charge in [-0.15, -0.1) is 5.10 Å². The fourth-order valence-corrected chi connectivity index (χ4v) is 2.73. The second kappa shape index (κ2) is 6.65. The van der Waals surface area contributed by atoms with E-state index in [1.807, 2.05) is 31.2 Å². The molecular formula is C15H20N6O. The van der Waals surface area contributed by atoms with E-state index in [2.05, 4.69) is 26.2 Å². The number of carbonyl (C=O) groups is 1. The Morgan fingerprint density at radius 1 is 1.50 bits per heavy atom. The number of hydrogen-bond donors (Lipinski definition) is 2. The summed E-state index contributed by atoms with van der Waals surface area (Å²) in [7, 11) is 0. The fourth-order valence-electron chi connectivity index (χ4n) is 2.73. The van der Waals surface area contributed by atoms with E-state index < -0.39 is 0 Å². The highest BCUT2D eigenvalue weighted by atomic mass is 16.1. The highest BCUT2D eigenvalue weighted by molar-refractivity contribution is 5.91. The summed E-state index contributed by atoms with van der Waals surface area (Å²) in [6.45, 7) is 3.69. The number of anilines is 1. The first-order valence-electron chi connectivity index (χ1n) is 7.66. The Kier molecular flexibility index (Phi) is 4.43. The summed E-state index contributed by atoms with van der Waals surface area (Å²) in [6, 6.07) is 7.91. The highest BCUT2D eigenvalue weighted by Crippen LogP contribution is 2.20. The zero-order chi connectivity index (χ0) is 15.4. The normalized spacial score (nSPS) is 17.6. The van der Waals surface area contributed by atoms with Crippen molar-refractivity contribution in [2.24, 2.45) is 0 Å². The molecule has 1 aromatic heterocycles. The fraction of sp³-hybridized carbons (Fsp3) is 0.467. The number of aryl methyl sites for hydroxylation is 1. The van der Waals surface area contributed by atoms with E-state index in [9.17, 15) is 4.79 Å². The summed E-state index contributed by atoms with van der Waals surface area (Å²) in [5.74, 6) is 0.739. The number of nitrogens with one attached hydrogen (secondary N) is 2. The Morgan fingerprint density at radius 3 is 3.18 bits per heavy atom. The van der Waals surface area contributed by atoms with E-state index in [0.29, 0.717) is 24.8 Å². The lowest BCUT2D eigenvalue weighted by atomic mass is 10.1. The lowest BCUT2D eigenvalue weighted by Gasteiger charge is -2.11. The summed E-state index contributed by atoms with van der Waals surface area (Å²) in [4.78, 5) is 12.1. The third-order valence-corrected chi connectivity index (χ3v) is 3.83. The van der Waals surface area contributed by atoms with E-state index in [0.717, 1.165) is 30.6 Å². The van der Waals surface area contributed by atoms with E-state index in [4.69, 9.17) is 0 Å². The molecule has 116 valence electrons. The molecule has 1 fully saturated rings. The topological polar surface area (TPSA) is 84.7 Å². The molecule has 1 amide bonds. The van der Waals surface area contributed by atoms with E-state index in [-0.39, 0.29) is 5.91 Å². The monoisotopic (exact) mass is 300 g/mol. The van der Waals surface area contributed by atoms with Crippen LogP contribution in [0, 0.1) is 0 Å². The number of carbonyl (C=O) groups excluding carboxylic acids is 1. The van der Waals surface area contributed by atoms with E-state index in [1.54, 1.807) is 4.68 Å². The van der Waals surface area contributed by atoms with Gasteiger partial charge in [-0.3, -0.25) is 4.79 Å². The molecular weight excluding hydrogens is 280 g/mol. The maximum absolute atomic E-state index is 12.1. The van der Waals surface area contributed by atoms with Gasteiger partial charge in [-0.05, 0) is 48.9 Å². The van der Waals surface area contributed by atoms with Crippen molar-refractivity contribution in [3.63, 3.8) is 0 Å². The number of rotatable bonds is 5. The zero-order valence-electron chi connectivity index (χ0n) is 12.6. The van der Waals surface area contributed by atoms with Gasteiger partial charge in [0.25, 0.3) is 0 Å². The van der Waals surface area contributed by atoms with Crippen molar-refractivity contribution < 1.29 is 4.79 Å². The molecule has 0 aliphatic carbocycles. The minimum Gasteiger partial charge on any atom is -0.326 e. The maximum Gasteiger partial charge on any atom is 0.225 e. The Labute approximate surface area is 129 Å². The minimum atomic E-state index is 0.0339. The second-order valence-corrected chi connectivity index (χ2v) is 5.44. The molecule has 0 radical (unpaired) electrons. The van der Waals surface area contributed by atoms with Crippen molar-refractivity contribution in [1.29, 1.82) is 0 Å². The Morgan fingerprint density at radius 2 is 2.41 bits per heavy atom. The first kappa shape index (κ1) is 14.6. The van der Waals surface area contributed by atoms with E-state index in [1.165, 1.54) is 0 Å². The minimum absolute atomic E-state index is 0.0339. The van der Waals surface area contributed by atoms with Crippen LogP contribution < -0.4 is 10.6 Å². The molecule has 2 heterocycles. The van der Waals surface area contributed by atoms with Crippen molar-refractivity contribution in [3.05, 3.63) is 24.3 Å². The van der Waals surface area contributed by atoms with Crippen molar-refractivity contribution >= 4 is 11.6 Å². The van der Waals surface area contributed by atoms with Gasteiger partial charge in [0, 0.05) is 30.3 Å². The summed E-state index contributed by atoms with van der Waals surface area (Å²) in [6.07, 6.45) is 2.72. The Bertz CT molecular complexity index is 647. The quantitative estimate of drug-likeness (QED) is 0.873. The first-order valence-corrected chi connectivity index (χ1v) is 7.66. The third kappa shape index (κ3) is 3.30. The molecule has 2 aromatic rings. The average Bonchev–Trinajstić information content (AvgIpc) is 3.18. The number of aromatic nitrogens is 4. The molecule has 1 aliphatic heterocycles. The van der Waals surface area contributed by atoms with E-state index >= 15 is 0 Å². The van der Waals surface area contributed by atoms with Crippen molar-refractivity contribution in [2.45, 2.75) is 38.8 Å². The summed E-state index contributed by atoms with van der Waals surface area (Å²) < 4.78 is 1.73. The smallest absolute Gasteiger partial charge is 0.225 e. The van der Waals surface area contributed by atoms with Gasteiger partial charge < -0.3 is 10.6 Å². The van der Waals surface area contributed by atoms with Gasteiger partial charge in [-0.25, -0.2) is 4.68 Å². The molecule has 1 atom stereocenters. The predicted octanol–water partition coefficient (Wildman–Crippen LogP) is 1.44. The molecule has 1 aromatic carbocycles. The SMILES string of the molecule is CCn1nnnc1-c1cccc(NC(=O)CC2CCCN2)c1. The summed E-state index contributed by atoms with van der Waals surface area (Å²) in [5.41, 5.74) is 1.66. The maximum atomic E-state index is 12.1. The van der Waals surface area contributed by atoms with Gasteiger partial charge in [0.05, 0.1) is 0 Å². The van der Waals surface area contributed by atoms with Gasteiger partial charge in [0.2, 0.25) is 5.91 Å². The lowest BCUT2D eigenvalue weighted by Crippen LogP contribution is -2.27. The van der Waals surface area contributed by atoms with Crippen LogP contribution >= 0.6 is 0 Å².